The third-order valence-corrected chi connectivity index (χ3v) is 5.92. The fourth-order valence-corrected chi connectivity index (χ4v) is 4.14. The van der Waals surface area contributed by atoms with Gasteiger partial charge in [0.1, 0.15) is 5.82 Å². The summed E-state index contributed by atoms with van der Waals surface area (Å²) < 4.78 is 13.8. The molecule has 2 aromatic carbocycles. The first-order chi connectivity index (χ1) is 14.6. The molecule has 2 N–H and O–H groups in total. The molecule has 7 heteroatoms. The molecule has 5 nitrogen and oxygen atoms in total. The Hall–Kier alpha value is -3.19. The van der Waals surface area contributed by atoms with E-state index in [-0.39, 0.29) is 11.8 Å². The van der Waals surface area contributed by atoms with Crippen molar-refractivity contribution in [1.82, 2.24) is 0 Å². The molecule has 0 spiro atoms. The molecule has 1 aromatic heterocycles. The molecule has 154 valence electrons. The molecule has 0 atom stereocenters. The molecule has 2 heterocycles. The highest BCUT2D eigenvalue weighted by Crippen LogP contribution is 2.30. The first kappa shape index (κ1) is 20.1. The van der Waals surface area contributed by atoms with Crippen LogP contribution in [0.5, 0.6) is 0 Å². The highest BCUT2D eigenvalue weighted by Gasteiger charge is 2.17. The minimum Gasteiger partial charge on any atom is -0.370 e. The van der Waals surface area contributed by atoms with Crippen LogP contribution >= 0.6 is 11.3 Å². The fourth-order valence-electron chi connectivity index (χ4n) is 3.52. The zero-order chi connectivity index (χ0) is 20.9. The van der Waals surface area contributed by atoms with Crippen LogP contribution in [0.15, 0.2) is 60.0 Å². The number of halogens is 1. The van der Waals surface area contributed by atoms with Crippen molar-refractivity contribution in [2.24, 2.45) is 0 Å². The van der Waals surface area contributed by atoms with Gasteiger partial charge in [-0.3, -0.25) is 9.59 Å². The number of anilines is 3. The maximum atomic E-state index is 13.8. The van der Waals surface area contributed by atoms with Crippen LogP contribution in [0.2, 0.25) is 0 Å². The number of thiophene rings is 1. The second-order valence-corrected chi connectivity index (χ2v) is 8.12. The van der Waals surface area contributed by atoms with Gasteiger partial charge in [-0.2, -0.15) is 0 Å². The van der Waals surface area contributed by atoms with E-state index in [1.54, 1.807) is 36.4 Å². The third-order valence-electron chi connectivity index (χ3n) is 5.05. The highest BCUT2D eigenvalue weighted by molar-refractivity contribution is 7.12. The van der Waals surface area contributed by atoms with Crippen LogP contribution in [-0.2, 0) is 0 Å². The summed E-state index contributed by atoms with van der Waals surface area (Å²) in [5.41, 5.74) is 2.34. The molecule has 0 saturated carbocycles. The summed E-state index contributed by atoms with van der Waals surface area (Å²) in [7, 11) is 0. The van der Waals surface area contributed by atoms with Gasteiger partial charge in [-0.25, -0.2) is 4.39 Å². The van der Waals surface area contributed by atoms with Gasteiger partial charge in [0.25, 0.3) is 11.8 Å². The molecule has 2 amide bonds. The van der Waals surface area contributed by atoms with E-state index in [1.165, 1.54) is 29.9 Å². The van der Waals surface area contributed by atoms with Gasteiger partial charge in [0.05, 0.1) is 16.3 Å². The molecular formula is C23H22FN3O2S. The molecule has 1 aliphatic rings. The maximum Gasteiger partial charge on any atom is 0.265 e. The van der Waals surface area contributed by atoms with Crippen LogP contribution in [0.3, 0.4) is 0 Å². The zero-order valence-corrected chi connectivity index (χ0v) is 17.2. The lowest BCUT2D eigenvalue weighted by Crippen LogP contribution is -2.30. The zero-order valence-electron chi connectivity index (χ0n) is 16.4. The summed E-state index contributed by atoms with van der Waals surface area (Å²) in [6.07, 6.45) is 3.36. The van der Waals surface area contributed by atoms with E-state index in [4.69, 9.17) is 0 Å². The third kappa shape index (κ3) is 4.68. The van der Waals surface area contributed by atoms with Crippen molar-refractivity contribution >= 4 is 40.2 Å². The molecule has 30 heavy (non-hydrogen) atoms. The standard InChI is InChI=1S/C23H22FN3O2S/c24-17-8-11-20(27-12-2-1-3-13-27)19(15-17)26-22(28)16-6-9-18(10-7-16)25-23(29)21-5-4-14-30-21/h4-11,14-15H,1-3,12-13H2,(H,25,29)(H,26,28). The molecule has 1 aliphatic heterocycles. The Morgan fingerprint density at radius 1 is 0.900 bits per heavy atom. The van der Waals surface area contributed by atoms with E-state index in [0.717, 1.165) is 31.6 Å². The summed E-state index contributed by atoms with van der Waals surface area (Å²) in [6, 6.07) is 14.7. The van der Waals surface area contributed by atoms with Crippen molar-refractivity contribution < 1.29 is 14.0 Å². The van der Waals surface area contributed by atoms with Gasteiger partial charge in [0, 0.05) is 24.3 Å². The van der Waals surface area contributed by atoms with Crippen molar-refractivity contribution in [3.63, 3.8) is 0 Å². The van der Waals surface area contributed by atoms with Gasteiger partial charge in [-0.1, -0.05) is 6.07 Å². The molecule has 4 rings (SSSR count). The summed E-state index contributed by atoms with van der Waals surface area (Å²) in [5.74, 6) is -0.902. The number of hydrogen-bond donors (Lipinski definition) is 2. The number of benzene rings is 2. The summed E-state index contributed by atoms with van der Waals surface area (Å²) >= 11 is 1.36. The van der Waals surface area contributed by atoms with Crippen LogP contribution in [0, 0.1) is 5.82 Å². The van der Waals surface area contributed by atoms with Crippen molar-refractivity contribution in [3.05, 3.63) is 76.2 Å². The van der Waals surface area contributed by atoms with E-state index < -0.39 is 5.82 Å². The molecular weight excluding hydrogens is 401 g/mol. The lowest BCUT2D eigenvalue weighted by molar-refractivity contribution is 0.102. The van der Waals surface area contributed by atoms with E-state index in [1.807, 2.05) is 11.4 Å². The van der Waals surface area contributed by atoms with Crippen molar-refractivity contribution in [3.8, 4) is 0 Å². The Morgan fingerprint density at radius 2 is 1.67 bits per heavy atom. The monoisotopic (exact) mass is 423 g/mol. The molecule has 1 fully saturated rings. The van der Waals surface area contributed by atoms with Crippen LogP contribution in [0.1, 0.15) is 39.3 Å². The Balaban J connectivity index is 1.46. The van der Waals surface area contributed by atoms with E-state index in [2.05, 4.69) is 15.5 Å². The summed E-state index contributed by atoms with van der Waals surface area (Å²) in [5, 5.41) is 7.48. The molecule has 0 unspecified atom stereocenters. The predicted molar refractivity (Wildman–Crippen MR) is 119 cm³/mol. The summed E-state index contributed by atoms with van der Waals surface area (Å²) in [4.78, 5) is 27.7. The van der Waals surface area contributed by atoms with E-state index >= 15 is 0 Å². The van der Waals surface area contributed by atoms with Crippen molar-refractivity contribution in [2.75, 3.05) is 28.6 Å². The van der Waals surface area contributed by atoms with Crippen molar-refractivity contribution in [1.29, 1.82) is 0 Å². The number of amides is 2. The Kier molecular flexibility index (Phi) is 6.09. The number of carbonyl (C=O) groups is 2. The normalized spacial score (nSPS) is 13.7. The van der Waals surface area contributed by atoms with Gasteiger partial charge in [0.15, 0.2) is 0 Å². The van der Waals surface area contributed by atoms with Crippen molar-refractivity contribution in [2.45, 2.75) is 19.3 Å². The summed E-state index contributed by atoms with van der Waals surface area (Å²) in [6.45, 7) is 1.79. The number of piperidine rings is 1. The Bertz CT molecular complexity index is 1030. The van der Waals surface area contributed by atoms with Crippen LogP contribution in [-0.4, -0.2) is 24.9 Å². The average Bonchev–Trinajstić information content (AvgIpc) is 3.30. The van der Waals surface area contributed by atoms with Crippen LogP contribution in [0.25, 0.3) is 0 Å². The molecule has 3 aromatic rings. The second kappa shape index (κ2) is 9.09. The minimum atomic E-state index is -0.391. The smallest absolute Gasteiger partial charge is 0.265 e. The minimum absolute atomic E-state index is 0.187. The number of carbonyl (C=O) groups excluding carboxylic acids is 2. The highest BCUT2D eigenvalue weighted by atomic mass is 32.1. The van der Waals surface area contributed by atoms with E-state index in [9.17, 15) is 14.0 Å². The first-order valence-corrected chi connectivity index (χ1v) is 10.8. The first-order valence-electron chi connectivity index (χ1n) is 9.91. The molecule has 1 saturated heterocycles. The Labute approximate surface area is 178 Å². The molecule has 0 aliphatic carbocycles. The second-order valence-electron chi connectivity index (χ2n) is 7.17. The van der Waals surface area contributed by atoms with E-state index in [0.29, 0.717) is 21.8 Å². The number of rotatable bonds is 5. The topological polar surface area (TPSA) is 61.4 Å². The van der Waals surface area contributed by atoms with Gasteiger partial charge in [-0.05, 0) is 73.2 Å². The van der Waals surface area contributed by atoms with Gasteiger partial charge in [-0.15, -0.1) is 11.3 Å². The quantitative estimate of drug-likeness (QED) is 0.579. The fraction of sp³-hybridized carbons (Fsp3) is 0.217. The largest absolute Gasteiger partial charge is 0.370 e. The van der Waals surface area contributed by atoms with Gasteiger partial charge in [0.2, 0.25) is 0 Å². The maximum absolute atomic E-state index is 13.8. The van der Waals surface area contributed by atoms with Gasteiger partial charge >= 0.3 is 0 Å². The number of nitrogens with zero attached hydrogens (tertiary/aromatic N) is 1. The average molecular weight is 424 g/mol. The number of nitrogens with one attached hydrogen (secondary N) is 2. The lowest BCUT2D eigenvalue weighted by Gasteiger charge is -2.30. The Morgan fingerprint density at radius 3 is 2.37 bits per heavy atom. The molecule has 0 bridgehead atoms. The van der Waals surface area contributed by atoms with Crippen LogP contribution < -0.4 is 15.5 Å². The van der Waals surface area contributed by atoms with Gasteiger partial charge < -0.3 is 15.5 Å². The lowest BCUT2D eigenvalue weighted by atomic mass is 10.1. The molecule has 0 radical (unpaired) electrons. The van der Waals surface area contributed by atoms with Crippen LogP contribution in [0.4, 0.5) is 21.5 Å². The SMILES string of the molecule is O=C(Nc1cc(F)ccc1N1CCCCC1)c1ccc(NC(=O)c2cccs2)cc1. The number of hydrogen-bond acceptors (Lipinski definition) is 4. The predicted octanol–water partition coefficient (Wildman–Crippen LogP) is 5.38.